The van der Waals surface area contributed by atoms with Crippen molar-refractivity contribution < 1.29 is 4.74 Å². The van der Waals surface area contributed by atoms with Gasteiger partial charge >= 0.3 is 0 Å². The minimum absolute atomic E-state index is 0.334. The summed E-state index contributed by atoms with van der Waals surface area (Å²) in [5.41, 5.74) is 15.3. The Morgan fingerprint density at radius 2 is 1.76 bits per heavy atom. The van der Waals surface area contributed by atoms with Crippen molar-refractivity contribution in [3.8, 4) is 11.3 Å². The van der Waals surface area contributed by atoms with Crippen molar-refractivity contribution in [3.63, 3.8) is 0 Å². The zero-order valence-electron chi connectivity index (χ0n) is 14.5. The zero-order chi connectivity index (χ0) is 17.2. The molecule has 5 nitrogen and oxygen atoms in total. The van der Waals surface area contributed by atoms with Gasteiger partial charge in [0.25, 0.3) is 0 Å². The Balaban J connectivity index is 1.40. The lowest BCUT2D eigenvalue weighted by atomic mass is 9.90. The van der Waals surface area contributed by atoms with E-state index in [1.165, 1.54) is 5.56 Å². The molecule has 4 rings (SSSR count). The molecule has 2 fully saturated rings. The highest BCUT2D eigenvalue weighted by Crippen LogP contribution is 2.27. The van der Waals surface area contributed by atoms with Crippen molar-refractivity contribution in [2.24, 2.45) is 5.73 Å². The van der Waals surface area contributed by atoms with E-state index in [1.54, 1.807) is 0 Å². The van der Waals surface area contributed by atoms with Gasteiger partial charge in [-0.25, -0.2) is 4.98 Å². The second-order valence-corrected chi connectivity index (χ2v) is 7.21. The summed E-state index contributed by atoms with van der Waals surface area (Å²) < 4.78 is 5.73. The fourth-order valence-corrected chi connectivity index (χ4v) is 4.11. The number of nitrogen functional groups attached to an aromatic ring is 1. The smallest absolute Gasteiger partial charge is 0.124 e. The minimum Gasteiger partial charge on any atom is -0.384 e. The van der Waals surface area contributed by atoms with Crippen LogP contribution in [0, 0.1) is 0 Å². The Morgan fingerprint density at radius 1 is 1.04 bits per heavy atom. The van der Waals surface area contributed by atoms with Gasteiger partial charge in [0.2, 0.25) is 0 Å². The lowest BCUT2D eigenvalue weighted by Crippen LogP contribution is -2.59. The molecule has 2 atom stereocenters. The van der Waals surface area contributed by atoms with Crippen LogP contribution in [0.5, 0.6) is 0 Å². The molecule has 0 amide bonds. The molecule has 2 aliphatic rings. The van der Waals surface area contributed by atoms with Gasteiger partial charge in [-0.1, -0.05) is 30.3 Å². The molecule has 0 saturated carbocycles. The van der Waals surface area contributed by atoms with Gasteiger partial charge in [-0.3, -0.25) is 4.90 Å². The lowest BCUT2D eigenvalue weighted by Gasteiger charge is -2.47. The van der Waals surface area contributed by atoms with Gasteiger partial charge < -0.3 is 16.2 Å². The van der Waals surface area contributed by atoms with Crippen molar-refractivity contribution in [1.29, 1.82) is 0 Å². The minimum atomic E-state index is 0.334. The molecule has 1 aromatic carbocycles. The molecular weight excluding hydrogens is 312 g/mol. The van der Waals surface area contributed by atoms with E-state index in [2.05, 4.69) is 34.1 Å². The number of nitrogens with two attached hydrogens (primary N) is 2. The molecule has 1 aromatic heterocycles. The van der Waals surface area contributed by atoms with Crippen LogP contribution < -0.4 is 11.5 Å². The Labute approximate surface area is 149 Å². The number of rotatable bonds is 4. The van der Waals surface area contributed by atoms with Crippen LogP contribution in [0.4, 0.5) is 5.82 Å². The number of fused-ring (bicyclic) bond motifs is 2. The van der Waals surface area contributed by atoms with Crippen LogP contribution >= 0.6 is 0 Å². The highest BCUT2D eigenvalue weighted by molar-refractivity contribution is 5.61. The van der Waals surface area contributed by atoms with E-state index in [4.69, 9.17) is 16.2 Å². The molecule has 4 N–H and O–H groups in total. The number of hydrogen-bond donors (Lipinski definition) is 2. The SMILES string of the molecule is Nc1cccc(-c2ccc(CCN3C4COCC3CC(N)C4)cc2)n1. The number of pyridine rings is 1. The van der Waals surface area contributed by atoms with E-state index in [-0.39, 0.29) is 0 Å². The van der Waals surface area contributed by atoms with Crippen LogP contribution in [0.1, 0.15) is 18.4 Å². The van der Waals surface area contributed by atoms with Gasteiger partial charge in [0.05, 0.1) is 18.9 Å². The number of morpholine rings is 1. The molecule has 3 heterocycles. The summed E-state index contributed by atoms with van der Waals surface area (Å²) in [5, 5.41) is 0. The summed E-state index contributed by atoms with van der Waals surface area (Å²) in [7, 11) is 0. The Hall–Kier alpha value is -1.95. The Bertz CT molecular complexity index is 704. The fraction of sp³-hybridized carbons (Fsp3) is 0.450. The molecule has 0 spiro atoms. The predicted octanol–water partition coefficient (Wildman–Crippen LogP) is 2.06. The van der Waals surface area contributed by atoms with E-state index in [0.717, 1.165) is 50.3 Å². The number of nitrogens with zero attached hydrogens (tertiary/aromatic N) is 2. The number of anilines is 1. The second kappa shape index (κ2) is 7.12. The molecule has 2 unspecified atom stereocenters. The third-order valence-electron chi connectivity index (χ3n) is 5.39. The van der Waals surface area contributed by atoms with Gasteiger partial charge in [-0.2, -0.15) is 0 Å². The molecule has 2 aliphatic heterocycles. The molecule has 132 valence electrons. The average Bonchev–Trinajstić information content (AvgIpc) is 2.60. The van der Waals surface area contributed by atoms with Crippen molar-refractivity contribution >= 4 is 5.82 Å². The van der Waals surface area contributed by atoms with E-state index >= 15 is 0 Å². The number of hydrogen-bond acceptors (Lipinski definition) is 5. The van der Waals surface area contributed by atoms with Crippen molar-refractivity contribution in [1.82, 2.24) is 9.88 Å². The van der Waals surface area contributed by atoms with Crippen LogP contribution in [0.15, 0.2) is 42.5 Å². The first-order chi connectivity index (χ1) is 12.2. The summed E-state index contributed by atoms with van der Waals surface area (Å²) in [4.78, 5) is 6.99. The molecule has 5 heteroatoms. The van der Waals surface area contributed by atoms with Crippen LogP contribution in [-0.4, -0.2) is 47.8 Å². The molecule has 2 bridgehead atoms. The van der Waals surface area contributed by atoms with Crippen LogP contribution in [-0.2, 0) is 11.2 Å². The first-order valence-corrected chi connectivity index (χ1v) is 9.10. The fourth-order valence-electron chi connectivity index (χ4n) is 4.11. The third kappa shape index (κ3) is 3.68. The maximum absolute atomic E-state index is 6.18. The van der Waals surface area contributed by atoms with E-state index < -0.39 is 0 Å². The van der Waals surface area contributed by atoms with Gasteiger partial charge in [0, 0.05) is 30.2 Å². The van der Waals surface area contributed by atoms with Crippen LogP contribution in [0.3, 0.4) is 0 Å². The summed E-state index contributed by atoms with van der Waals surface area (Å²) in [5.74, 6) is 0.554. The highest BCUT2D eigenvalue weighted by atomic mass is 16.5. The summed E-state index contributed by atoms with van der Waals surface area (Å²) in [6, 6.07) is 15.7. The van der Waals surface area contributed by atoms with Crippen molar-refractivity contribution in [2.75, 3.05) is 25.5 Å². The number of benzene rings is 1. The second-order valence-electron chi connectivity index (χ2n) is 7.21. The quantitative estimate of drug-likeness (QED) is 0.892. The number of ether oxygens (including phenoxy) is 1. The Morgan fingerprint density at radius 3 is 2.44 bits per heavy atom. The average molecular weight is 338 g/mol. The number of aromatic nitrogens is 1. The maximum atomic E-state index is 6.18. The van der Waals surface area contributed by atoms with Crippen molar-refractivity contribution in [3.05, 3.63) is 48.0 Å². The number of piperidine rings is 1. The predicted molar refractivity (Wildman–Crippen MR) is 100 cm³/mol. The van der Waals surface area contributed by atoms with Gasteiger partial charge in [-0.15, -0.1) is 0 Å². The molecular formula is C20H26N4O. The van der Waals surface area contributed by atoms with Crippen LogP contribution in [0.2, 0.25) is 0 Å². The Kier molecular flexibility index (Phi) is 4.70. The summed E-state index contributed by atoms with van der Waals surface area (Å²) in [6.45, 7) is 2.72. The zero-order valence-corrected chi connectivity index (χ0v) is 14.5. The summed E-state index contributed by atoms with van der Waals surface area (Å²) in [6.07, 6.45) is 3.15. The standard InChI is InChI=1S/C20H26N4O/c21-16-10-17-12-25-13-18(11-16)24(17)9-8-14-4-6-15(7-5-14)19-2-1-3-20(22)23-19/h1-7,16-18H,8-13,21H2,(H2,22,23). The van der Waals surface area contributed by atoms with E-state index in [9.17, 15) is 0 Å². The third-order valence-corrected chi connectivity index (χ3v) is 5.39. The molecule has 2 saturated heterocycles. The largest absolute Gasteiger partial charge is 0.384 e. The lowest BCUT2D eigenvalue weighted by molar-refractivity contribution is -0.0769. The molecule has 2 aromatic rings. The summed E-state index contributed by atoms with van der Waals surface area (Å²) >= 11 is 0. The maximum Gasteiger partial charge on any atom is 0.124 e. The highest BCUT2D eigenvalue weighted by Gasteiger charge is 2.37. The molecule has 25 heavy (non-hydrogen) atoms. The van der Waals surface area contributed by atoms with Crippen LogP contribution in [0.25, 0.3) is 11.3 Å². The van der Waals surface area contributed by atoms with Gasteiger partial charge in [0.15, 0.2) is 0 Å². The van der Waals surface area contributed by atoms with E-state index in [0.29, 0.717) is 23.9 Å². The van der Waals surface area contributed by atoms with Gasteiger partial charge in [0.1, 0.15) is 5.82 Å². The molecule has 0 aliphatic carbocycles. The first kappa shape index (κ1) is 16.5. The topological polar surface area (TPSA) is 77.4 Å². The van der Waals surface area contributed by atoms with Crippen molar-refractivity contribution in [2.45, 2.75) is 37.4 Å². The van der Waals surface area contributed by atoms with Gasteiger partial charge in [-0.05, 0) is 37.0 Å². The normalized spacial score (nSPS) is 26.5. The molecule has 0 radical (unpaired) electrons. The van der Waals surface area contributed by atoms with E-state index in [1.807, 2.05) is 18.2 Å². The first-order valence-electron chi connectivity index (χ1n) is 9.10. The monoisotopic (exact) mass is 338 g/mol.